The Labute approximate surface area is 120 Å². The van der Waals surface area contributed by atoms with Crippen LogP contribution in [0.3, 0.4) is 0 Å². The van der Waals surface area contributed by atoms with Crippen LogP contribution >= 0.6 is 0 Å². The highest BCUT2D eigenvalue weighted by atomic mass is 15.4. The molecule has 0 unspecified atom stereocenters. The summed E-state index contributed by atoms with van der Waals surface area (Å²) in [4.78, 5) is 0. The number of fused-ring (bicyclic) bond motifs is 1. The topological polar surface area (TPSA) is 42.7 Å². The van der Waals surface area contributed by atoms with E-state index in [-0.39, 0.29) is 5.54 Å². The van der Waals surface area contributed by atoms with Crippen molar-refractivity contribution in [3.8, 4) is 0 Å². The number of nitrogens with one attached hydrogen (secondary N) is 1. The molecule has 1 aliphatic rings. The van der Waals surface area contributed by atoms with Crippen LogP contribution in [-0.4, -0.2) is 21.0 Å². The van der Waals surface area contributed by atoms with Crippen LogP contribution in [0.5, 0.6) is 0 Å². The number of aromatic nitrogens is 3. The first-order valence-corrected chi connectivity index (χ1v) is 7.24. The summed E-state index contributed by atoms with van der Waals surface area (Å²) in [6.45, 7) is 7.18. The zero-order valence-corrected chi connectivity index (χ0v) is 12.4. The van der Waals surface area contributed by atoms with Gasteiger partial charge in [-0.25, -0.2) is 4.68 Å². The highest BCUT2D eigenvalue weighted by Crippen LogP contribution is 2.21. The van der Waals surface area contributed by atoms with E-state index >= 15 is 0 Å². The van der Waals surface area contributed by atoms with Crippen molar-refractivity contribution in [2.24, 2.45) is 0 Å². The fourth-order valence-corrected chi connectivity index (χ4v) is 2.66. The summed E-state index contributed by atoms with van der Waals surface area (Å²) in [6, 6.07) is 9.22. The summed E-state index contributed by atoms with van der Waals surface area (Å²) < 4.78 is 1.92. The highest BCUT2D eigenvalue weighted by molar-refractivity contribution is 5.33. The summed E-state index contributed by atoms with van der Waals surface area (Å²) in [6.07, 6.45) is 4.27. The summed E-state index contributed by atoms with van der Waals surface area (Å²) in [5, 5.41) is 12.0. The minimum atomic E-state index is -0.00511. The van der Waals surface area contributed by atoms with E-state index < -0.39 is 0 Å². The lowest BCUT2D eigenvalue weighted by atomic mass is 10.1. The van der Waals surface area contributed by atoms with E-state index in [4.69, 9.17) is 0 Å². The predicted molar refractivity (Wildman–Crippen MR) is 79.5 cm³/mol. The van der Waals surface area contributed by atoms with Crippen LogP contribution in [0.1, 0.15) is 37.6 Å². The van der Waals surface area contributed by atoms with Gasteiger partial charge in [-0.05, 0) is 44.7 Å². The monoisotopic (exact) mass is 270 g/mol. The van der Waals surface area contributed by atoms with Crippen molar-refractivity contribution in [3.63, 3.8) is 0 Å². The van der Waals surface area contributed by atoms with E-state index in [9.17, 15) is 0 Å². The molecule has 106 valence electrons. The second-order valence-electron chi connectivity index (χ2n) is 6.58. The molecule has 1 heterocycles. The zero-order chi connectivity index (χ0) is 14.2. The Hall–Kier alpha value is -1.68. The number of hydrogen-bond acceptors (Lipinski definition) is 3. The Balaban J connectivity index is 1.58. The van der Waals surface area contributed by atoms with Gasteiger partial charge in [0.1, 0.15) is 0 Å². The molecule has 3 rings (SSSR count). The molecule has 0 aliphatic heterocycles. The second-order valence-corrected chi connectivity index (χ2v) is 6.58. The van der Waals surface area contributed by atoms with Crippen LogP contribution in [0.2, 0.25) is 0 Å². The molecule has 0 bridgehead atoms. The molecular weight excluding hydrogens is 248 g/mol. The molecule has 1 N–H and O–H groups in total. The first-order chi connectivity index (χ1) is 9.52. The van der Waals surface area contributed by atoms with Gasteiger partial charge in [-0.3, -0.25) is 0 Å². The minimum absolute atomic E-state index is 0.00511. The maximum absolute atomic E-state index is 4.24. The Bertz CT molecular complexity index is 570. The normalized spacial score (nSPS) is 15.6. The molecule has 4 heteroatoms. The molecule has 2 aromatic rings. The lowest BCUT2D eigenvalue weighted by Gasteiger charge is -2.17. The molecule has 1 aliphatic carbocycles. The summed E-state index contributed by atoms with van der Waals surface area (Å²) in [5.41, 5.74) is 3.96. The third-order valence-electron chi connectivity index (χ3n) is 3.85. The van der Waals surface area contributed by atoms with E-state index in [0.717, 1.165) is 25.1 Å². The summed E-state index contributed by atoms with van der Waals surface area (Å²) in [7, 11) is 0. The lowest BCUT2D eigenvalue weighted by molar-refractivity contribution is 0.347. The first-order valence-electron chi connectivity index (χ1n) is 7.24. The van der Waals surface area contributed by atoms with Gasteiger partial charge in [-0.2, -0.15) is 0 Å². The number of rotatable bonds is 3. The van der Waals surface area contributed by atoms with Crippen LogP contribution in [0.4, 0.5) is 0 Å². The molecular formula is C16H22N4. The molecule has 0 spiro atoms. The van der Waals surface area contributed by atoms with Gasteiger partial charge in [-0.1, -0.05) is 29.5 Å². The van der Waals surface area contributed by atoms with Gasteiger partial charge in [0.05, 0.1) is 17.4 Å². The van der Waals surface area contributed by atoms with Crippen molar-refractivity contribution in [1.29, 1.82) is 0 Å². The molecule has 0 radical (unpaired) electrons. The van der Waals surface area contributed by atoms with Crippen LogP contribution < -0.4 is 5.32 Å². The largest absolute Gasteiger partial charge is 0.308 e. The van der Waals surface area contributed by atoms with E-state index in [1.165, 1.54) is 11.1 Å². The Morgan fingerprint density at radius 3 is 2.40 bits per heavy atom. The average Bonchev–Trinajstić information content (AvgIpc) is 3.02. The first kappa shape index (κ1) is 13.3. The fraction of sp³-hybridized carbons (Fsp3) is 0.500. The van der Waals surface area contributed by atoms with Crippen LogP contribution in [0.25, 0.3) is 0 Å². The smallest absolute Gasteiger partial charge is 0.0965 e. The quantitative estimate of drug-likeness (QED) is 0.930. The Kier molecular flexibility index (Phi) is 3.34. The third-order valence-corrected chi connectivity index (χ3v) is 3.85. The molecule has 1 aromatic carbocycles. The van der Waals surface area contributed by atoms with Gasteiger partial charge < -0.3 is 5.32 Å². The highest BCUT2D eigenvalue weighted by Gasteiger charge is 2.21. The van der Waals surface area contributed by atoms with Crippen molar-refractivity contribution in [2.45, 2.75) is 51.7 Å². The average molecular weight is 270 g/mol. The molecule has 0 fully saturated rings. The van der Waals surface area contributed by atoms with Crippen LogP contribution in [0.15, 0.2) is 30.5 Å². The second kappa shape index (κ2) is 5.02. The molecule has 4 nitrogen and oxygen atoms in total. The van der Waals surface area contributed by atoms with E-state index in [0.29, 0.717) is 6.04 Å². The van der Waals surface area contributed by atoms with Gasteiger partial charge in [-0.15, -0.1) is 5.10 Å². The zero-order valence-electron chi connectivity index (χ0n) is 12.4. The van der Waals surface area contributed by atoms with Gasteiger partial charge in [0.15, 0.2) is 0 Å². The van der Waals surface area contributed by atoms with Crippen molar-refractivity contribution < 1.29 is 0 Å². The SMILES string of the molecule is CC(C)(C)n1cc(CNC2Cc3ccccc3C2)nn1. The van der Waals surface area contributed by atoms with Crippen molar-refractivity contribution in [3.05, 3.63) is 47.3 Å². The number of benzene rings is 1. The minimum Gasteiger partial charge on any atom is -0.308 e. The van der Waals surface area contributed by atoms with Gasteiger partial charge in [0.25, 0.3) is 0 Å². The Morgan fingerprint density at radius 2 is 1.85 bits per heavy atom. The van der Waals surface area contributed by atoms with Crippen molar-refractivity contribution in [2.75, 3.05) is 0 Å². The maximum Gasteiger partial charge on any atom is 0.0965 e. The van der Waals surface area contributed by atoms with Crippen LogP contribution in [-0.2, 0) is 24.9 Å². The molecule has 0 atom stereocenters. The molecule has 1 aromatic heterocycles. The molecule has 0 amide bonds. The van der Waals surface area contributed by atoms with Gasteiger partial charge in [0.2, 0.25) is 0 Å². The summed E-state index contributed by atoms with van der Waals surface area (Å²) >= 11 is 0. The van der Waals surface area contributed by atoms with E-state index in [2.05, 4.69) is 60.7 Å². The van der Waals surface area contributed by atoms with Crippen molar-refractivity contribution in [1.82, 2.24) is 20.3 Å². The Morgan fingerprint density at radius 1 is 1.20 bits per heavy atom. The lowest BCUT2D eigenvalue weighted by Crippen LogP contribution is -2.29. The standard InChI is InChI=1S/C16H22N4/c1-16(2,3)20-11-15(18-19-20)10-17-14-8-12-6-4-5-7-13(12)9-14/h4-7,11,14,17H,8-10H2,1-3H3. The predicted octanol–water partition coefficient (Wildman–Crippen LogP) is 2.29. The number of hydrogen-bond donors (Lipinski definition) is 1. The summed E-state index contributed by atoms with van der Waals surface area (Å²) in [5.74, 6) is 0. The molecule has 0 saturated carbocycles. The van der Waals surface area contributed by atoms with E-state index in [1.807, 2.05) is 10.9 Å². The van der Waals surface area contributed by atoms with Gasteiger partial charge >= 0.3 is 0 Å². The number of nitrogens with zero attached hydrogens (tertiary/aromatic N) is 3. The van der Waals surface area contributed by atoms with E-state index in [1.54, 1.807) is 0 Å². The fourth-order valence-electron chi connectivity index (χ4n) is 2.66. The van der Waals surface area contributed by atoms with Crippen LogP contribution in [0, 0.1) is 0 Å². The third kappa shape index (κ3) is 2.75. The molecule has 0 saturated heterocycles. The van der Waals surface area contributed by atoms with Crippen molar-refractivity contribution >= 4 is 0 Å². The maximum atomic E-state index is 4.24. The van der Waals surface area contributed by atoms with Gasteiger partial charge in [0, 0.05) is 12.6 Å². The molecule has 20 heavy (non-hydrogen) atoms.